The molecule has 1 aliphatic heterocycles. The third-order valence-electron chi connectivity index (χ3n) is 3.51. The van der Waals surface area contributed by atoms with Gasteiger partial charge in [0.1, 0.15) is 0 Å². The molecule has 2 N–H and O–H groups in total. The van der Waals surface area contributed by atoms with Gasteiger partial charge in [-0.3, -0.25) is 0 Å². The smallest absolute Gasteiger partial charge is 0.154 e. The molecule has 0 radical (unpaired) electrons. The lowest BCUT2D eigenvalue weighted by atomic mass is 10.0. The van der Waals surface area contributed by atoms with Gasteiger partial charge in [0.25, 0.3) is 0 Å². The second kappa shape index (κ2) is 5.51. The number of anilines is 1. The molecule has 1 saturated heterocycles. The first-order chi connectivity index (χ1) is 8.89. The third kappa shape index (κ3) is 3.48. The Morgan fingerprint density at radius 2 is 2.11 bits per heavy atom. The molecular weight excluding hydrogens is 260 g/mol. The molecule has 1 aliphatic rings. The van der Waals surface area contributed by atoms with Gasteiger partial charge in [-0.15, -0.1) is 0 Å². The van der Waals surface area contributed by atoms with Crippen molar-refractivity contribution in [1.82, 2.24) is 0 Å². The molecule has 1 aromatic rings. The van der Waals surface area contributed by atoms with Crippen LogP contribution in [0.5, 0.6) is 0 Å². The number of hydrogen-bond acceptors (Lipinski definition) is 4. The van der Waals surface area contributed by atoms with Crippen molar-refractivity contribution < 1.29 is 8.42 Å². The number of benzene rings is 1. The topological polar surface area (TPSA) is 63.4 Å². The van der Waals surface area contributed by atoms with E-state index in [0.29, 0.717) is 6.54 Å². The Morgan fingerprint density at radius 1 is 1.42 bits per heavy atom. The molecule has 2 atom stereocenters. The summed E-state index contributed by atoms with van der Waals surface area (Å²) in [5.41, 5.74) is 8.21. The molecule has 0 amide bonds. The highest BCUT2D eigenvalue weighted by atomic mass is 32.2. The third-order valence-corrected chi connectivity index (χ3v) is 5.31. The van der Waals surface area contributed by atoms with Crippen molar-refractivity contribution in [3.63, 3.8) is 0 Å². The highest BCUT2D eigenvalue weighted by Crippen LogP contribution is 2.26. The van der Waals surface area contributed by atoms with Gasteiger partial charge in [-0.2, -0.15) is 0 Å². The molecule has 0 aromatic heterocycles. The van der Waals surface area contributed by atoms with Crippen LogP contribution in [0.1, 0.15) is 19.4 Å². The molecule has 106 valence electrons. The summed E-state index contributed by atoms with van der Waals surface area (Å²) in [5.74, 6) is 0.476. The fraction of sp³-hybridized carbons (Fsp3) is 0.571. The van der Waals surface area contributed by atoms with E-state index in [-0.39, 0.29) is 23.6 Å². The highest BCUT2D eigenvalue weighted by Gasteiger charge is 2.29. The first kappa shape index (κ1) is 14.3. The fourth-order valence-corrected chi connectivity index (χ4v) is 4.22. The van der Waals surface area contributed by atoms with E-state index >= 15 is 0 Å². The monoisotopic (exact) mass is 282 g/mol. The van der Waals surface area contributed by atoms with E-state index in [1.165, 1.54) is 5.56 Å². The fourth-order valence-electron chi connectivity index (χ4n) is 2.67. The molecule has 0 spiro atoms. The van der Waals surface area contributed by atoms with E-state index in [1.807, 2.05) is 26.0 Å². The second-order valence-electron chi connectivity index (χ2n) is 5.47. The van der Waals surface area contributed by atoms with Crippen LogP contribution < -0.4 is 10.6 Å². The summed E-state index contributed by atoms with van der Waals surface area (Å²) < 4.78 is 23.3. The summed E-state index contributed by atoms with van der Waals surface area (Å²) in [6.07, 6.45) is 0.812. The number of para-hydroxylation sites is 1. The number of nitrogens with zero attached hydrogens (tertiary/aromatic N) is 1. The van der Waals surface area contributed by atoms with Gasteiger partial charge in [0.05, 0.1) is 11.5 Å². The Kier molecular flexibility index (Phi) is 4.16. The molecule has 2 unspecified atom stereocenters. The van der Waals surface area contributed by atoms with E-state index in [1.54, 1.807) is 0 Å². The van der Waals surface area contributed by atoms with Crippen LogP contribution in [0.2, 0.25) is 0 Å². The van der Waals surface area contributed by atoms with Gasteiger partial charge in [-0.05, 0) is 31.9 Å². The Labute approximate surface area is 115 Å². The Balaban J connectivity index is 2.27. The molecule has 19 heavy (non-hydrogen) atoms. The van der Waals surface area contributed by atoms with Crippen molar-refractivity contribution >= 4 is 15.5 Å². The first-order valence-corrected chi connectivity index (χ1v) is 8.52. The minimum Gasteiger partial charge on any atom is -0.367 e. The normalized spacial score (nSPS) is 24.2. The van der Waals surface area contributed by atoms with Gasteiger partial charge in [0.15, 0.2) is 9.84 Å². The average molecular weight is 282 g/mol. The predicted molar refractivity (Wildman–Crippen MR) is 79.3 cm³/mol. The van der Waals surface area contributed by atoms with Gasteiger partial charge < -0.3 is 10.6 Å². The summed E-state index contributed by atoms with van der Waals surface area (Å²) in [5, 5.41) is 0. The zero-order valence-corrected chi connectivity index (χ0v) is 12.4. The van der Waals surface area contributed by atoms with Crippen LogP contribution in [0.15, 0.2) is 24.3 Å². The Hall–Kier alpha value is -1.07. The van der Waals surface area contributed by atoms with Crippen molar-refractivity contribution in [3.05, 3.63) is 29.8 Å². The minimum absolute atomic E-state index is 0.0213. The Morgan fingerprint density at radius 3 is 2.74 bits per heavy atom. The zero-order chi connectivity index (χ0) is 14.0. The molecule has 1 fully saturated rings. The summed E-state index contributed by atoms with van der Waals surface area (Å²) in [6, 6.07) is 8.27. The quantitative estimate of drug-likeness (QED) is 0.905. The van der Waals surface area contributed by atoms with Crippen LogP contribution in [0.3, 0.4) is 0 Å². The largest absolute Gasteiger partial charge is 0.367 e. The molecular formula is C14H22N2O2S. The standard InChI is InChI=1S/C14H22N2O2S/c1-11(15)9-13-5-3-4-6-14(13)16-7-8-19(17,18)10-12(16)2/h3-6,11-12H,7-10,15H2,1-2H3. The maximum Gasteiger partial charge on any atom is 0.154 e. The lowest BCUT2D eigenvalue weighted by molar-refractivity contribution is 0.567. The van der Waals surface area contributed by atoms with E-state index < -0.39 is 9.84 Å². The van der Waals surface area contributed by atoms with Crippen molar-refractivity contribution in [2.75, 3.05) is 23.0 Å². The molecule has 0 aliphatic carbocycles. The van der Waals surface area contributed by atoms with Crippen LogP contribution in [-0.4, -0.2) is 38.6 Å². The van der Waals surface area contributed by atoms with E-state index in [4.69, 9.17) is 5.73 Å². The molecule has 0 bridgehead atoms. The number of rotatable bonds is 3. The number of nitrogens with two attached hydrogens (primary N) is 1. The SMILES string of the molecule is CC(N)Cc1ccccc1N1CCS(=O)(=O)CC1C. The lowest BCUT2D eigenvalue weighted by Crippen LogP contribution is -2.47. The number of sulfone groups is 1. The number of hydrogen-bond donors (Lipinski definition) is 1. The van der Waals surface area contributed by atoms with E-state index in [2.05, 4.69) is 17.0 Å². The molecule has 2 rings (SSSR count). The molecule has 1 heterocycles. The van der Waals surface area contributed by atoms with E-state index in [9.17, 15) is 8.42 Å². The minimum atomic E-state index is -2.88. The van der Waals surface area contributed by atoms with Crippen molar-refractivity contribution in [3.8, 4) is 0 Å². The summed E-state index contributed by atoms with van der Waals surface area (Å²) >= 11 is 0. The van der Waals surface area contributed by atoms with Crippen LogP contribution >= 0.6 is 0 Å². The van der Waals surface area contributed by atoms with Crippen LogP contribution in [0, 0.1) is 0 Å². The van der Waals surface area contributed by atoms with Gasteiger partial charge >= 0.3 is 0 Å². The molecule has 4 nitrogen and oxygen atoms in total. The average Bonchev–Trinajstić information content (AvgIpc) is 2.28. The van der Waals surface area contributed by atoms with Gasteiger partial charge in [-0.25, -0.2) is 8.42 Å². The van der Waals surface area contributed by atoms with Crippen molar-refractivity contribution in [1.29, 1.82) is 0 Å². The van der Waals surface area contributed by atoms with Crippen LogP contribution in [0.25, 0.3) is 0 Å². The van der Waals surface area contributed by atoms with Gasteiger partial charge in [0, 0.05) is 24.3 Å². The summed E-state index contributed by atoms with van der Waals surface area (Å²) in [6.45, 7) is 4.53. The van der Waals surface area contributed by atoms with E-state index in [0.717, 1.165) is 12.1 Å². The van der Waals surface area contributed by atoms with Crippen molar-refractivity contribution in [2.24, 2.45) is 5.73 Å². The van der Waals surface area contributed by atoms with Crippen molar-refractivity contribution in [2.45, 2.75) is 32.4 Å². The first-order valence-electron chi connectivity index (χ1n) is 6.69. The lowest BCUT2D eigenvalue weighted by Gasteiger charge is -2.36. The maximum absolute atomic E-state index is 11.7. The van der Waals surface area contributed by atoms with Gasteiger partial charge in [0.2, 0.25) is 0 Å². The second-order valence-corrected chi connectivity index (χ2v) is 7.70. The zero-order valence-electron chi connectivity index (χ0n) is 11.5. The summed E-state index contributed by atoms with van der Waals surface area (Å²) in [4.78, 5) is 2.19. The Bertz CT molecular complexity index is 540. The molecule has 0 saturated carbocycles. The van der Waals surface area contributed by atoms with Gasteiger partial charge in [-0.1, -0.05) is 18.2 Å². The maximum atomic E-state index is 11.7. The molecule has 1 aromatic carbocycles. The van der Waals surface area contributed by atoms with Crippen LogP contribution in [0.4, 0.5) is 5.69 Å². The predicted octanol–water partition coefficient (Wildman–Crippen LogP) is 1.20. The summed E-state index contributed by atoms with van der Waals surface area (Å²) in [7, 11) is -2.88. The molecule has 5 heteroatoms. The van der Waals surface area contributed by atoms with Crippen LogP contribution in [-0.2, 0) is 16.3 Å². The highest BCUT2D eigenvalue weighted by molar-refractivity contribution is 7.91.